The number of nitrogens with zero attached hydrogens (tertiary/aromatic N) is 5. The Morgan fingerprint density at radius 2 is 1.64 bits per heavy atom. The molecule has 1 aromatic carbocycles. The van der Waals surface area contributed by atoms with E-state index in [0.717, 1.165) is 5.56 Å². The van der Waals surface area contributed by atoms with Crippen molar-refractivity contribution in [2.24, 2.45) is 0 Å². The van der Waals surface area contributed by atoms with E-state index in [-0.39, 0.29) is 5.91 Å². The third-order valence-corrected chi connectivity index (χ3v) is 4.21. The van der Waals surface area contributed by atoms with Gasteiger partial charge in [-0.1, -0.05) is 30.3 Å². The summed E-state index contributed by atoms with van der Waals surface area (Å²) < 4.78 is 5.46. The average molecular weight is 335 g/mol. The fourth-order valence-corrected chi connectivity index (χ4v) is 2.91. The van der Waals surface area contributed by atoms with Gasteiger partial charge < -0.3 is 14.2 Å². The van der Waals surface area contributed by atoms with Crippen LogP contribution in [0, 0.1) is 0 Å². The Morgan fingerprint density at radius 3 is 2.36 bits per heavy atom. The van der Waals surface area contributed by atoms with Gasteiger partial charge >= 0.3 is 0 Å². The van der Waals surface area contributed by atoms with Crippen LogP contribution in [0.15, 0.2) is 59.6 Å². The lowest BCUT2D eigenvalue weighted by Crippen LogP contribution is -2.49. The Bertz CT molecular complexity index is 842. The third-order valence-electron chi connectivity index (χ3n) is 4.21. The van der Waals surface area contributed by atoms with Crippen molar-refractivity contribution in [1.29, 1.82) is 0 Å². The molecule has 3 aromatic rings. The number of hydrogen-bond acceptors (Lipinski definition) is 6. The molecule has 1 aliphatic heterocycles. The van der Waals surface area contributed by atoms with Gasteiger partial charge in [-0.2, -0.15) is 0 Å². The van der Waals surface area contributed by atoms with Gasteiger partial charge in [0.15, 0.2) is 17.8 Å². The van der Waals surface area contributed by atoms with Gasteiger partial charge in [0.25, 0.3) is 5.91 Å². The molecule has 0 spiro atoms. The summed E-state index contributed by atoms with van der Waals surface area (Å²) in [6, 6.07) is 11.3. The molecule has 1 aliphatic rings. The fourth-order valence-electron chi connectivity index (χ4n) is 2.91. The van der Waals surface area contributed by atoms with Gasteiger partial charge in [-0.05, 0) is 6.07 Å². The second-order valence-electron chi connectivity index (χ2n) is 5.72. The summed E-state index contributed by atoms with van der Waals surface area (Å²) in [7, 11) is 0. The van der Waals surface area contributed by atoms with Gasteiger partial charge in [0.1, 0.15) is 0 Å². The lowest BCUT2D eigenvalue weighted by Gasteiger charge is -2.34. The Hall–Kier alpha value is -3.22. The molecular weight excluding hydrogens is 318 g/mol. The van der Waals surface area contributed by atoms with Crippen LogP contribution in [0.1, 0.15) is 10.5 Å². The molecule has 1 amide bonds. The van der Waals surface area contributed by atoms with Crippen molar-refractivity contribution in [2.75, 3.05) is 31.1 Å². The second kappa shape index (κ2) is 6.72. The van der Waals surface area contributed by atoms with Gasteiger partial charge in [0.2, 0.25) is 5.95 Å². The summed E-state index contributed by atoms with van der Waals surface area (Å²) in [6.07, 6.45) is 4.77. The predicted molar refractivity (Wildman–Crippen MR) is 92.1 cm³/mol. The first-order chi connectivity index (χ1) is 12.3. The zero-order chi connectivity index (χ0) is 17.1. The van der Waals surface area contributed by atoms with Gasteiger partial charge in [-0.3, -0.25) is 4.79 Å². The Labute approximate surface area is 144 Å². The molecule has 0 atom stereocenters. The van der Waals surface area contributed by atoms with E-state index in [4.69, 9.17) is 4.42 Å². The van der Waals surface area contributed by atoms with Crippen molar-refractivity contribution in [1.82, 2.24) is 19.9 Å². The van der Waals surface area contributed by atoms with Crippen LogP contribution in [-0.2, 0) is 0 Å². The molecule has 25 heavy (non-hydrogen) atoms. The summed E-state index contributed by atoms with van der Waals surface area (Å²) in [5.74, 6) is 1.10. The molecule has 0 N–H and O–H groups in total. The summed E-state index contributed by atoms with van der Waals surface area (Å²) in [5, 5.41) is 0. The second-order valence-corrected chi connectivity index (χ2v) is 5.72. The first-order valence-electron chi connectivity index (χ1n) is 8.13. The molecule has 0 saturated carbocycles. The van der Waals surface area contributed by atoms with Crippen molar-refractivity contribution in [3.63, 3.8) is 0 Å². The van der Waals surface area contributed by atoms with Crippen molar-refractivity contribution in [3.05, 3.63) is 60.9 Å². The number of aromatic nitrogens is 3. The van der Waals surface area contributed by atoms with Crippen LogP contribution in [0.3, 0.4) is 0 Å². The van der Waals surface area contributed by atoms with Crippen LogP contribution < -0.4 is 4.90 Å². The summed E-state index contributed by atoms with van der Waals surface area (Å²) >= 11 is 0. The molecule has 4 rings (SSSR count). The average Bonchev–Trinajstić information content (AvgIpc) is 3.19. The number of hydrogen-bond donors (Lipinski definition) is 0. The van der Waals surface area contributed by atoms with Gasteiger partial charge in [0.05, 0.1) is 0 Å². The van der Waals surface area contributed by atoms with Crippen LogP contribution in [0.2, 0.25) is 0 Å². The monoisotopic (exact) mass is 335 g/mol. The minimum Gasteiger partial charge on any atom is -0.443 e. The molecule has 0 aliphatic carbocycles. The molecule has 2 aromatic heterocycles. The minimum absolute atomic E-state index is 0.110. The molecule has 7 nitrogen and oxygen atoms in total. The molecule has 0 radical (unpaired) electrons. The number of carbonyl (C=O) groups is 1. The molecule has 1 fully saturated rings. The van der Waals surface area contributed by atoms with Crippen molar-refractivity contribution >= 4 is 11.9 Å². The van der Waals surface area contributed by atoms with Crippen LogP contribution in [-0.4, -0.2) is 51.9 Å². The van der Waals surface area contributed by atoms with Crippen molar-refractivity contribution in [2.45, 2.75) is 0 Å². The number of rotatable bonds is 3. The maximum Gasteiger partial charge on any atom is 0.276 e. The molecule has 0 unspecified atom stereocenters. The lowest BCUT2D eigenvalue weighted by atomic mass is 10.1. The van der Waals surface area contributed by atoms with E-state index >= 15 is 0 Å². The number of benzene rings is 1. The van der Waals surface area contributed by atoms with Crippen molar-refractivity contribution < 1.29 is 9.21 Å². The molecule has 7 heteroatoms. The maximum atomic E-state index is 12.9. The largest absolute Gasteiger partial charge is 0.443 e. The summed E-state index contributed by atoms with van der Waals surface area (Å²) in [6.45, 7) is 2.57. The van der Waals surface area contributed by atoms with Gasteiger partial charge in [0, 0.05) is 44.1 Å². The number of piperazine rings is 1. The first kappa shape index (κ1) is 15.3. The molecule has 126 valence electrons. The highest BCUT2D eigenvalue weighted by molar-refractivity contribution is 5.97. The molecular formula is C18H17N5O2. The standard InChI is InChI=1S/C18H17N5O2/c24-17(15-16(25-13-21-15)14-5-2-1-3-6-14)22-9-11-23(12-10-22)18-19-7-4-8-20-18/h1-8,13H,9-12H2. The third kappa shape index (κ3) is 3.08. The van der Waals surface area contributed by atoms with Crippen LogP contribution in [0.5, 0.6) is 0 Å². The first-order valence-corrected chi connectivity index (χ1v) is 8.13. The number of amides is 1. The van der Waals surface area contributed by atoms with Crippen LogP contribution in [0.4, 0.5) is 5.95 Å². The predicted octanol–water partition coefficient (Wildman–Crippen LogP) is 2.09. The van der Waals surface area contributed by atoms with E-state index in [9.17, 15) is 4.79 Å². The Morgan fingerprint density at radius 1 is 0.920 bits per heavy atom. The van der Waals surface area contributed by atoms with E-state index in [0.29, 0.717) is 43.6 Å². The van der Waals surface area contributed by atoms with E-state index in [1.54, 1.807) is 23.4 Å². The quantitative estimate of drug-likeness (QED) is 0.729. The highest BCUT2D eigenvalue weighted by Gasteiger charge is 2.27. The van der Waals surface area contributed by atoms with Crippen molar-refractivity contribution in [3.8, 4) is 11.3 Å². The summed E-state index contributed by atoms with van der Waals surface area (Å²) in [5.41, 5.74) is 1.20. The fraction of sp³-hybridized carbons (Fsp3) is 0.222. The molecule has 0 bridgehead atoms. The van der Waals surface area contributed by atoms with Gasteiger partial charge in [-0.15, -0.1) is 0 Å². The Kier molecular flexibility index (Phi) is 4.12. The van der Waals surface area contributed by atoms with Crippen LogP contribution >= 0.6 is 0 Å². The highest BCUT2D eigenvalue weighted by atomic mass is 16.3. The maximum absolute atomic E-state index is 12.9. The lowest BCUT2D eigenvalue weighted by molar-refractivity contribution is 0.0741. The van der Waals surface area contributed by atoms with Gasteiger partial charge in [-0.25, -0.2) is 15.0 Å². The number of carbonyl (C=O) groups excluding carboxylic acids is 1. The summed E-state index contributed by atoms with van der Waals surface area (Å²) in [4.78, 5) is 29.4. The zero-order valence-corrected chi connectivity index (χ0v) is 13.6. The SMILES string of the molecule is O=C(c1ncoc1-c1ccccc1)N1CCN(c2ncccn2)CC1. The number of oxazole rings is 1. The minimum atomic E-state index is -0.110. The van der Waals surface area contributed by atoms with E-state index in [2.05, 4.69) is 19.9 Å². The Balaban J connectivity index is 1.48. The molecule has 3 heterocycles. The van der Waals surface area contributed by atoms with E-state index in [1.165, 1.54) is 6.39 Å². The smallest absolute Gasteiger partial charge is 0.276 e. The van der Waals surface area contributed by atoms with Crippen LogP contribution in [0.25, 0.3) is 11.3 Å². The highest BCUT2D eigenvalue weighted by Crippen LogP contribution is 2.24. The van der Waals surface area contributed by atoms with E-state index < -0.39 is 0 Å². The molecule has 1 saturated heterocycles. The van der Waals surface area contributed by atoms with E-state index in [1.807, 2.05) is 30.3 Å². The topological polar surface area (TPSA) is 75.4 Å². The number of anilines is 1. The normalized spacial score (nSPS) is 14.6. The zero-order valence-electron chi connectivity index (χ0n) is 13.6.